The third-order valence-electron chi connectivity index (χ3n) is 11.9. The zero-order valence-electron chi connectivity index (χ0n) is 25.7. The Bertz CT molecular complexity index is 1110. The van der Waals surface area contributed by atoms with Crippen molar-refractivity contribution in [2.24, 2.45) is 45.6 Å². The number of carbonyl (C=O) groups is 3. The van der Waals surface area contributed by atoms with Gasteiger partial charge in [0.15, 0.2) is 6.61 Å². The molecule has 3 saturated carbocycles. The lowest BCUT2D eigenvalue weighted by atomic mass is 9.46. The summed E-state index contributed by atoms with van der Waals surface area (Å²) in [6.07, 6.45) is 12.2. The zero-order valence-corrected chi connectivity index (χ0v) is 25.7. The van der Waals surface area contributed by atoms with Crippen molar-refractivity contribution >= 4 is 23.4 Å². The van der Waals surface area contributed by atoms with Crippen molar-refractivity contribution in [2.75, 3.05) is 13.2 Å². The average Bonchev–Trinajstić information content (AvgIpc) is 3.25. The van der Waals surface area contributed by atoms with Gasteiger partial charge in [-0.2, -0.15) is 0 Å². The van der Waals surface area contributed by atoms with Gasteiger partial charge in [0, 0.05) is 18.6 Å². The number of rotatable bonds is 8. The molecule has 0 aromatic rings. The number of oxime groups is 1. The summed E-state index contributed by atoms with van der Waals surface area (Å²) >= 11 is 0. The topological polar surface area (TPSA) is 114 Å². The van der Waals surface area contributed by atoms with E-state index < -0.39 is 12.0 Å². The van der Waals surface area contributed by atoms with Crippen molar-refractivity contribution in [1.29, 1.82) is 0 Å². The Morgan fingerprint density at radius 2 is 1.85 bits per heavy atom. The smallest absolute Gasteiger partial charge is 0.305 e. The van der Waals surface area contributed by atoms with Crippen molar-refractivity contribution in [3.8, 4) is 0 Å². The molecule has 0 unspecified atom stereocenters. The molecule has 1 heterocycles. The Labute approximate surface area is 245 Å². The van der Waals surface area contributed by atoms with E-state index in [1.165, 1.54) is 24.8 Å². The summed E-state index contributed by atoms with van der Waals surface area (Å²) < 4.78 is 5.78. The van der Waals surface area contributed by atoms with Crippen LogP contribution in [0.2, 0.25) is 0 Å². The number of nitrogens with zero attached hydrogens (tertiary/aromatic N) is 1. The van der Waals surface area contributed by atoms with Crippen molar-refractivity contribution in [3.63, 3.8) is 0 Å². The van der Waals surface area contributed by atoms with Gasteiger partial charge in [-0.3, -0.25) is 14.4 Å². The summed E-state index contributed by atoms with van der Waals surface area (Å²) in [6, 6.07) is -0.463. The van der Waals surface area contributed by atoms with Gasteiger partial charge in [-0.05, 0) is 126 Å². The summed E-state index contributed by atoms with van der Waals surface area (Å²) in [4.78, 5) is 42.2. The lowest BCUT2D eigenvalue weighted by molar-refractivity contribution is -0.140. The van der Waals surface area contributed by atoms with Gasteiger partial charge >= 0.3 is 5.97 Å². The summed E-state index contributed by atoms with van der Waals surface area (Å²) in [5.41, 5.74) is 2.35. The Kier molecular flexibility index (Phi) is 8.45. The number of carboxylic acid groups (broad SMARTS) is 1. The summed E-state index contributed by atoms with van der Waals surface area (Å²) in [5.74, 6) is 1.39. The molecule has 0 aromatic carbocycles. The van der Waals surface area contributed by atoms with Crippen LogP contribution in [0.25, 0.3) is 0 Å². The standard InChI is InChI=1S/C33H50N2O6/c1-20(36)25-8-9-26-24-7-6-22-16-23(10-13-32(22,4)27(24)11-14-33(25,26)5)35-41-19-29(37)34-28(17-30(38)39)21-12-15-40-31(2,3)18-21/h16,21,24-28H,6-15,17-19H2,1-5H3,(H,34,37)(H,38,39)/b35-23-/t21-,24-,25+,26-,27-,28-,32-,33+/m0/s1. The number of amides is 1. The first kappa shape index (κ1) is 30.2. The Morgan fingerprint density at radius 3 is 2.56 bits per heavy atom. The average molecular weight is 571 g/mol. The highest BCUT2D eigenvalue weighted by atomic mass is 16.6. The first-order chi connectivity index (χ1) is 19.3. The number of carboxylic acids is 1. The third-order valence-corrected chi connectivity index (χ3v) is 11.9. The van der Waals surface area contributed by atoms with Gasteiger partial charge in [0.25, 0.3) is 5.91 Å². The summed E-state index contributed by atoms with van der Waals surface area (Å²) in [5, 5.41) is 16.7. The SMILES string of the molecule is CC(=O)[C@H]1CC[C@H]2[C@@H]3CCC4=C/C(=N\OCC(=O)N[C@@H](CC(=O)O)[C@H]5CCOC(C)(C)C5)CC[C@]4(C)[C@H]3CC[C@]12C. The fraction of sp³-hybridized carbons (Fsp3) is 0.818. The first-order valence-electron chi connectivity index (χ1n) is 15.9. The van der Waals surface area contributed by atoms with E-state index in [4.69, 9.17) is 9.57 Å². The maximum atomic E-state index is 12.7. The van der Waals surface area contributed by atoms with Crippen molar-refractivity contribution in [3.05, 3.63) is 11.6 Å². The van der Waals surface area contributed by atoms with Crippen molar-refractivity contribution in [2.45, 2.75) is 117 Å². The molecule has 1 saturated heterocycles. The number of Topliss-reactive ketones (excluding diaryl/α,β-unsaturated/α-hetero) is 1. The molecule has 0 bridgehead atoms. The number of ketones is 1. The second-order valence-electron chi connectivity index (χ2n) is 14.8. The van der Waals surface area contributed by atoms with Gasteiger partial charge in [0.05, 0.1) is 17.7 Å². The molecular formula is C33H50N2O6. The van der Waals surface area contributed by atoms with E-state index in [0.29, 0.717) is 36.6 Å². The second-order valence-corrected chi connectivity index (χ2v) is 14.8. The second kappa shape index (κ2) is 11.5. The molecule has 8 nitrogen and oxygen atoms in total. The highest BCUT2D eigenvalue weighted by Gasteiger charge is 2.59. The molecule has 8 atom stereocenters. The third kappa shape index (κ3) is 6.00. The van der Waals surface area contributed by atoms with E-state index in [0.717, 1.165) is 44.2 Å². The normalized spacial score (nSPS) is 39.5. The number of aliphatic carboxylic acids is 1. The molecular weight excluding hydrogens is 520 g/mol. The zero-order chi connectivity index (χ0) is 29.6. The van der Waals surface area contributed by atoms with Crippen LogP contribution in [0.3, 0.4) is 0 Å². The molecule has 5 rings (SSSR count). The van der Waals surface area contributed by atoms with Gasteiger partial charge in [-0.25, -0.2) is 0 Å². The van der Waals surface area contributed by atoms with Crippen LogP contribution in [0.15, 0.2) is 16.8 Å². The van der Waals surface area contributed by atoms with Gasteiger partial charge in [-0.15, -0.1) is 0 Å². The van der Waals surface area contributed by atoms with Crippen molar-refractivity contribution < 1.29 is 29.1 Å². The molecule has 41 heavy (non-hydrogen) atoms. The predicted octanol–water partition coefficient (Wildman–Crippen LogP) is 5.69. The molecule has 4 fully saturated rings. The minimum Gasteiger partial charge on any atom is -0.481 e. The quantitative estimate of drug-likeness (QED) is 0.362. The molecule has 1 aliphatic heterocycles. The number of ether oxygens (including phenoxy) is 1. The molecule has 1 amide bonds. The van der Waals surface area contributed by atoms with Crippen LogP contribution in [0.4, 0.5) is 0 Å². The Hall–Kier alpha value is -2.22. The number of hydrogen-bond donors (Lipinski definition) is 2. The molecule has 0 radical (unpaired) electrons. The monoisotopic (exact) mass is 570 g/mol. The minimum atomic E-state index is -0.929. The van der Waals surface area contributed by atoms with E-state index in [9.17, 15) is 19.5 Å². The highest BCUT2D eigenvalue weighted by Crippen LogP contribution is 2.66. The van der Waals surface area contributed by atoms with E-state index in [2.05, 4.69) is 30.4 Å². The van der Waals surface area contributed by atoms with E-state index in [1.54, 1.807) is 6.92 Å². The van der Waals surface area contributed by atoms with Crippen LogP contribution in [0, 0.1) is 40.4 Å². The molecule has 2 N–H and O–H groups in total. The van der Waals surface area contributed by atoms with Crippen LogP contribution >= 0.6 is 0 Å². The van der Waals surface area contributed by atoms with Gasteiger partial charge < -0.3 is 20.0 Å². The van der Waals surface area contributed by atoms with Crippen LogP contribution < -0.4 is 5.32 Å². The van der Waals surface area contributed by atoms with Crippen LogP contribution in [0.5, 0.6) is 0 Å². The van der Waals surface area contributed by atoms with Crippen LogP contribution in [-0.4, -0.2) is 53.3 Å². The lowest BCUT2D eigenvalue weighted by Crippen LogP contribution is -2.51. The van der Waals surface area contributed by atoms with E-state index >= 15 is 0 Å². The maximum Gasteiger partial charge on any atom is 0.305 e. The minimum absolute atomic E-state index is 0.0382. The molecule has 0 spiro atoms. The molecule has 0 aromatic heterocycles. The van der Waals surface area contributed by atoms with Gasteiger partial charge in [0.2, 0.25) is 0 Å². The van der Waals surface area contributed by atoms with E-state index in [1.807, 2.05) is 13.8 Å². The van der Waals surface area contributed by atoms with Crippen LogP contribution in [-0.2, 0) is 24.0 Å². The Morgan fingerprint density at radius 1 is 1.07 bits per heavy atom. The first-order valence-corrected chi connectivity index (χ1v) is 15.9. The molecule has 4 aliphatic carbocycles. The predicted molar refractivity (Wildman–Crippen MR) is 156 cm³/mol. The fourth-order valence-corrected chi connectivity index (χ4v) is 9.88. The summed E-state index contributed by atoms with van der Waals surface area (Å²) in [7, 11) is 0. The molecule has 228 valence electrons. The summed E-state index contributed by atoms with van der Waals surface area (Å²) in [6.45, 7) is 11.0. The van der Waals surface area contributed by atoms with Crippen LogP contribution in [0.1, 0.15) is 105 Å². The maximum absolute atomic E-state index is 12.7. The number of fused-ring (bicyclic) bond motifs is 5. The molecule has 8 heteroatoms. The largest absolute Gasteiger partial charge is 0.481 e. The van der Waals surface area contributed by atoms with E-state index in [-0.39, 0.29) is 47.2 Å². The number of carbonyl (C=O) groups excluding carboxylic acids is 2. The number of allylic oxidation sites excluding steroid dienone is 2. The lowest BCUT2D eigenvalue weighted by Gasteiger charge is -2.58. The van der Waals surface area contributed by atoms with Crippen molar-refractivity contribution in [1.82, 2.24) is 5.32 Å². The molecule has 5 aliphatic rings. The fourth-order valence-electron chi connectivity index (χ4n) is 9.88. The number of hydrogen-bond acceptors (Lipinski definition) is 6. The number of nitrogens with one attached hydrogen (secondary N) is 1. The van der Waals surface area contributed by atoms with Gasteiger partial charge in [0.1, 0.15) is 5.78 Å². The highest BCUT2D eigenvalue weighted by molar-refractivity contribution is 5.96. The Balaban J connectivity index is 1.19. The van der Waals surface area contributed by atoms with Gasteiger partial charge in [-0.1, -0.05) is 24.6 Å².